The molecule has 2 rings (SSSR count). The van der Waals surface area contributed by atoms with Crippen molar-refractivity contribution in [3.8, 4) is 5.75 Å². The summed E-state index contributed by atoms with van der Waals surface area (Å²) in [7, 11) is 0. The van der Waals surface area contributed by atoms with E-state index in [4.69, 9.17) is 4.74 Å². The van der Waals surface area contributed by atoms with Crippen molar-refractivity contribution in [2.24, 2.45) is 0 Å². The molecule has 0 aromatic heterocycles. The standard InChI is InChI=1S/C17H27NO/c1-3-5-6-10-16(18-12-4-2)15-13-19-17-11-8-7-9-14(15)17/h7-9,11,15-16,18H,3-6,10,12-13H2,1-2H3. The summed E-state index contributed by atoms with van der Waals surface area (Å²) in [5.74, 6) is 1.62. The lowest BCUT2D eigenvalue weighted by Crippen LogP contribution is -2.36. The largest absolute Gasteiger partial charge is 0.493 e. The SMILES string of the molecule is CCCCCC(NCCC)C1COc2ccccc21. The Labute approximate surface area is 117 Å². The van der Waals surface area contributed by atoms with Crippen molar-refractivity contribution in [3.05, 3.63) is 29.8 Å². The van der Waals surface area contributed by atoms with Gasteiger partial charge in [-0.1, -0.05) is 51.3 Å². The first-order valence-corrected chi connectivity index (χ1v) is 7.82. The lowest BCUT2D eigenvalue weighted by molar-refractivity contribution is 0.289. The summed E-state index contributed by atoms with van der Waals surface area (Å²) in [6.07, 6.45) is 6.39. The quantitative estimate of drug-likeness (QED) is 0.711. The number of hydrogen-bond donors (Lipinski definition) is 1. The number of unbranched alkanes of at least 4 members (excludes halogenated alkanes) is 2. The second-order valence-electron chi connectivity index (χ2n) is 5.51. The van der Waals surface area contributed by atoms with Gasteiger partial charge in [-0.3, -0.25) is 0 Å². The van der Waals surface area contributed by atoms with Crippen LogP contribution in [0.25, 0.3) is 0 Å². The summed E-state index contributed by atoms with van der Waals surface area (Å²) in [6.45, 7) is 6.44. The molecule has 19 heavy (non-hydrogen) atoms. The van der Waals surface area contributed by atoms with E-state index in [2.05, 4.69) is 43.4 Å². The third-order valence-electron chi connectivity index (χ3n) is 4.00. The zero-order valence-electron chi connectivity index (χ0n) is 12.3. The van der Waals surface area contributed by atoms with Crippen LogP contribution in [0.2, 0.25) is 0 Å². The molecule has 0 spiro atoms. The van der Waals surface area contributed by atoms with Gasteiger partial charge in [-0.2, -0.15) is 0 Å². The maximum Gasteiger partial charge on any atom is 0.122 e. The van der Waals surface area contributed by atoms with Crippen LogP contribution in [-0.4, -0.2) is 19.2 Å². The van der Waals surface area contributed by atoms with Crippen LogP contribution in [0.1, 0.15) is 57.4 Å². The zero-order valence-corrected chi connectivity index (χ0v) is 12.3. The molecule has 0 saturated carbocycles. The van der Waals surface area contributed by atoms with Gasteiger partial charge in [0.1, 0.15) is 5.75 Å². The molecule has 1 heterocycles. The Kier molecular flexibility index (Phi) is 5.71. The fourth-order valence-electron chi connectivity index (χ4n) is 2.91. The Bertz CT molecular complexity index is 377. The number of benzene rings is 1. The number of fused-ring (bicyclic) bond motifs is 1. The molecule has 2 heteroatoms. The first kappa shape index (κ1) is 14.4. The summed E-state index contributed by atoms with van der Waals surface area (Å²) in [4.78, 5) is 0. The Hall–Kier alpha value is -1.02. The van der Waals surface area contributed by atoms with Crippen LogP contribution in [0.3, 0.4) is 0 Å². The predicted octanol–water partition coefficient (Wildman–Crippen LogP) is 4.11. The van der Waals surface area contributed by atoms with Gasteiger partial charge in [0.2, 0.25) is 0 Å². The molecule has 0 fully saturated rings. The molecule has 2 unspecified atom stereocenters. The van der Waals surface area contributed by atoms with Crippen LogP contribution < -0.4 is 10.1 Å². The van der Waals surface area contributed by atoms with Crippen LogP contribution in [0.4, 0.5) is 0 Å². The summed E-state index contributed by atoms with van der Waals surface area (Å²) < 4.78 is 5.84. The number of hydrogen-bond acceptors (Lipinski definition) is 2. The summed E-state index contributed by atoms with van der Waals surface area (Å²) in [5.41, 5.74) is 1.40. The average Bonchev–Trinajstić information content (AvgIpc) is 2.87. The Balaban J connectivity index is 2.01. The number of nitrogens with one attached hydrogen (secondary N) is 1. The molecule has 1 aromatic rings. The predicted molar refractivity (Wildman–Crippen MR) is 80.9 cm³/mol. The molecule has 2 atom stereocenters. The monoisotopic (exact) mass is 261 g/mol. The van der Waals surface area contributed by atoms with Gasteiger partial charge >= 0.3 is 0 Å². The van der Waals surface area contributed by atoms with Crippen molar-refractivity contribution < 1.29 is 4.74 Å². The maximum absolute atomic E-state index is 5.84. The zero-order chi connectivity index (χ0) is 13.5. The van der Waals surface area contributed by atoms with Gasteiger partial charge < -0.3 is 10.1 Å². The molecule has 0 radical (unpaired) electrons. The molecule has 0 aliphatic carbocycles. The van der Waals surface area contributed by atoms with Crippen LogP contribution in [0.5, 0.6) is 5.75 Å². The highest BCUT2D eigenvalue weighted by atomic mass is 16.5. The third kappa shape index (κ3) is 3.73. The molecule has 1 aliphatic rings. The number of ether oxygens (including phenoxy) is 1. The molecular weight excluding hydrogens is 234 g/mol. The fourth-order valence-corrected chi connectivity index (χ4v) is 2.91. The Morgan fingerprint density at radius 2 is 2.05 bits per heavy atom. The second-order valence-corrected chi connectivity index (χ2v) is 5.51. The van der Waals surface area contributed by atoms with E-state index >= 15 is 0 Å². The van der Waals surface area contributed by atoms with Crippen molar-refractivity contribution in [1.82, 2.24) is 5.32 Å². The molecular formula is C17H27NO. The molecule has 0 amide bonds. The van der Waals surface area contributed by atoms with Crippen LogP contribution in [-0.2, 0) is 0 Å². The minimum atomic E-state index is 0.527. The lowest BCUT2D eigenvalue weighted by atomic mass is 9.89. The lowest BCUT2D eigenvalue weighted by Gasteiger charge is -2.24. The van der Waals surface area contributed by atoms with E-state index in [1.165, 1.54) is 37.7 Å². The highest BCUT2D eigenvalue weighted by Gasteiger charge is 2.30. The van der Waals surface area contributed by atoms with Gasteiger partial charge in [-0.25, -0.2) is 0 Å². The van der Waals surface area contributed by atoms with Crippen LogP contribution >= 0.6 is 0 Å². The number of rotatable bonds is 8. The van der Waals surface area contributed by atoms with Crippen molar-refractivity contribution in [3.63, 3.8) is 0 Å². The smallest absolute Gasteiger partial charge is 0.122 e. The topological polar surface area (TPSA) is 21.3 Å². The molecule has 0 bridgehead atoms. The summed E-state index contributed by atoms with van der Waals surface area (Å²) >= 11 is 0. The first-order valence-electron chi connectivity index (χ1n) is 7.82. The van der Waals surface area contributed by atoms with Gasteiger partial charge in [0, 0.05) is 17.5 Å². The molecule has 0 saturated heterocycles. The normalized spacial score (nSPS) is 18.9. The van der Waals surface area contributed by atoms with E-state index in [0.29, 0.717) is 12.0 Å². The third-order valence-corrected chi connectivity index (χ3v) is 4.00. The van der Waals surface area contributed by atoms with Gasteiger partial charge in [0.15, 0.2) is 0 Å². The minimum absolute atomic E-state index is 0.527. The number of para-hydroxylation sites is 1. The molecule has 1 aliphatic heterocycles. The summed E-state index contributed by atoms with van der Waals surface area (Å²) in [5, 5.41) is 3.73. The van der Waals surface area contributed by atoms with E-state index in [1.54, 1.807) is 0 Å². The molecule has 1 N–H and O–H groups in total. The van der Waals surface area contributed by atoms with Crippen molar-refractivity contribution in [2.45, 2.75) is 57.9 Å². The minimum Gasteiger partial charge on any atom is -0.493 e. The first-order chi connectivity index (χ1) is 9.36. The maximum atomic E-state index is 5.84. The fraction of sp³-hybridized carbons (Fsp3) is 0.647. The van der Waals surface area contributed by atoms with Gasteiger partial charge in [-0.05, 0) is 25.5 Å². The van der Waals surface area contributed by atoms with E-state index < -0.39 is 0 Å². The van der Waals surface area contributed by atoms with Gasteiger partial charge in [-0.15, -0.1) is 0 Å². The highest BCUT2D eigenvalue weighted by molar-refractivity contribution is 5.40. The second kappa shape index (κ2) is 7.54. The van der Waals surface area contributed by atoms with E-state index in [1.807, 2.05) is 0 Å². The van der Waals surface area contributed by atoms with E-state index in [-0.39, 0.29) is 0 Å². The Morgan fingerprint density at radius 1 is 1.21 bits per heavy atom. The van der Waals surface area contributed by atoms with Crippen LogP contribution in [0.15, 0.2) is 24.3 Å². The molecule has 106 valence electrons. The van der Waals surface area contributed by atoms with Crippen molar-refractivity contribution in [1.29, 1.82) is 0 Å². The molecule has 2 nitrogen and oxygen atoms in total. The van der Waals surface area contributed by atoms with E-state index in [9.17, 15) is 0 Å². The van der Waals surface area contributed by atoms with E-state index in [0.717, 1.165) is 18.9 Å². The van der Waals surface area contributed by atoms with Gasteiger partial charge in [0.25, 0.3) is 0 Å². The Morgan fingerprint density at radius 3 is 2.84 bits per heavy atom. The molecule has 1 aromatic carbocycles. The van der Waals surface area contributed by atoms with Gasteiger partial charge in [0.05, 0.1) is 6.61 Å². The summed E-state index contributed by atoms with van der Waals surface area (Å²) in [6, 6.07) is 9.08. The highest BCUT2D eigenvalue weighted by Crippen LogP contribution is 2.36. The average molecular weight is 261 g/mol. The van der Waals surface area contributed by atoms with Crippen molar-refractivity contribution in [2.75, 3.05) is 13.2 Å². The van der Waals surface area contributed by atoms with Crippen LogP contribution in [0, 0.1) is 0 Å². The van der Waals surface area contributed by atoms with Crippen molar-refractivity contribution >= 4 is 0 Å².